The Morgan fingerprint density at radius 2 is 1.71 bits per heavy atom. The van der Waals surface area contributed by atoms with Crippen molar-refractivity contribution in [3.05, 3.63) is 48.6 Å². The zero-order chi connectivity index (χ0) is 10.6. The average molecular weight is 192 g/mol. The van der Waals surface area contributed by atoms with Gasteiger partial charge in [-0.3, -0.25) is 0 Å². The van der Waals surface area contributed by atoms with Gasteiger partial charge >= 0.3 is 5.97 Å². The first-order chi connectivity index (χ1) is 6.77. The average Bonchev–Trinajstić information content (AvgIpc) is 2.15. The van der Waals surface area contributed by atoms with Crippen LogP contribution in [-0.4, -0.2) is 11.1 Å². The van der Waals surface area contributed by atoms with Crippen LogP contribution in [0.15, 0.2) is 48.6 Å². The first-order valence-corrected chi connectivity index (χ1v) is 4.61. The van der Waals surface area contributed by atoms with Gasteiger partial charge in [0.15, 0.2) is 0 Å². The third kappa shape index (κ3) is 10.4. The molecule has 2 heteroatoms. The number of hydrogen-bond donors (Lipinski definition) is 1. The minimum absolute atomic E-state index is 0.764. The molecule has 0 fully saturated rings. The zero-order valence-corrected chi connectivity index (χ0v) is 8.39. The molecular weight excluding hydrogens is 176 g/mol. The summed E-state index contributed by atoms with van der Waals surface area (Å²) in [5, 5.41) is 8.29. The predicted octanol–water partition coefficient (Wildman–Crippen LogP) is 3.10. The van der Waals surface area contributed by atoms with Crippen LogP contribution in [-0.2, 0) is 4.79 Å². The van der Waals surface area contributed by atoms with Crippen LogP contribution in [0.1, 0.15) is 19.8 Å². The van der Waals surface area contributed by atoms with Crippen LogP contribution in [0, 0.1) is 0 Å². The molecule has 0 spiro atoms. The fraction of sp³-hybridized carbons (Fsp3) is 0.250. The smallest absolute Gasteiger partial charge is 0.327 e. The maximum absolute atomic E-state index is 10.1. The minimum Gasteiger partial charge on any atom is -0.478 e. The van der Waals surface area contributed by atoms with Crippen molar-refractivity contribution < 1.29 is 9.90 Å². The molecule has 0 aromatic heterocycles. The van der Waals surface area contributed by atoms with Crippen LogP contribution in [0.2, 0.25) is 0 Å². The van der Waals surface area contributed by atoms with E-state index in [1.807, 2.05) is 43.4 Å². The Balaban J connectivity index is 3.49. The summed E-state index contributed by atoms with van der Waals surface area (Å²) in [5.74, 6) is -0.887. The highest BCUT2D eigenvalue weighted by Gasteiger charge is 1.82. The largest absolute Gasteiger partial charge is 0.478 e. The van der Waals surface area contributed by atoms with E-state index in [9.17, 15) is 4.79 Å². The maximum Gasteiger partial charge on any atom is 0.327 e. The molecule has 76 valence electrons. The molecule has 0 amide bonds. The van der Waals surface area contributed by atoms with Crippen LogP contribution < -0.4 is 0 Å². The van der Waals surface area contributed by atoms with E-state index in [-0.39, 0.29) is 0 Å². The topological polar surface area (TPSA) is 37.3 Å². The highest BCUT2D eigenvalue weighted by Crippen LogP contribution is 1.93. The molecule has 0 aromatic carbocycles. The first-order valence-electron chi connectivity index (χ1n) is 4.61. The molecule has 0 aliphatic heterocycles. The van der Waals surface area contributed by atoms with Gasteiger partial charge in [0.05, 0.1) is 0 Å². The molecular formula is C12H16O2. The van der Waals surface area contributed by atoms with Gasteiger partial charge in [0.25, 0.3) is 0 Å². The normalized spacial score (nSPS) is 12.6. The number of carbonyl (C=O) groups is 1. The SMILES string of the molecule is CC=CC=CC=CCCC=CC(=O)O. The standard InChI is InChI=1S/C12H16O2/c1-2-3-4-5-6-7-8-9-10-11-12(13)14/h2-7,10-11H,8-9H2,1H3,(H,13,14). The predicted molar refractivity (Wildman–Crippen MR) is 59.1 cm³/mol. The summed E-state index contributed by atoms with van der Waals surface area (Å²) in [6, 6.07) is 0. The van der Waals surface area contributed by atoms with Crippen molar-refractivity contribution in [3.63, 3.8) is 0 Å². The molecule has 2 nitrogen and oxygen atoms in total. The minimum atomic E-state index is -0.887. The molecule has 0 radical (unpaired) electrons. The monoisotopic (exact) mass is 192 g/mol. The number of aliphatic carboxylic acids is 1. The van der Waals surface area contributed by atoms with Crippen molar-refractivity contribution >= 4 is 5.97 Å². The Morgan fingerprint density at radius 1 is 1.07 bits per heavy atom. The lowest BCUT2D eigenvalue weighted by atomic mass is 10.2. The Labute approximate surface area is 85.0 Å². The van der Waals surface area contributed by atoms with Crippen LogP contribution in [0.25, 0.3) is 0 Å². The Morgan fingerprint density at radius 3 is 2.36 bits per heavy atom. The van der Waals surface area contributed by atoms with Gasteiger partial charge in [-0.2, -0.15) is 0 Å². The molecule has 0 rings (SSSR count). The van der Waals surface area contributed by atoms with E-state index in [1.54, 1.807) is 6.08 Å². The van der Waals surface area contributed by atoms with Crippen molar-refractivity contribution in [1.82, 2.24) is 0 Å². The van der Waals surface area contributed by atoms with Crippen molar-refractivity contribution in [2.45, 2.75) is 19.8 Å². The zero-order valence-electron chi connectivity index (χ0n) is 8.39. The van der Waals surface area contributed by atoms with Crippen LogP contribution in [0.5, 0.6) is 0 Å². The number of rotatable bonds is 6. The Bertz CT molecular complexity index is 257. The number of hydrogen-bond acceptors (Lipinski definition) is 1. The van der Waals surface area contributed by atoms with E-state index in [0.29, 0.717) is 0 Å². The quantitative estimate of drug-likeness (QED) is 0.399. The van der Waals surface area contributed by atoms with Gasteiger partial charge in [0.1, 0.15) is 0 Å². The summed E-state index contributed by atoms with van der Waals surface area (Å²) < 4.78 is 0. The summed E-state index contributed by atoms with van der Waals surface area (Å²) in [4.78, 5) is 10.1. The fourth-order valence-corrected chi connectivity index (χ4v) is 0.791. The van der Waals surface area contributed by atoms with Crippen LogP contribution in [0.3, 0.4) is 0 Å². The Kier molecular flexibility index (Phi) is 8.45. The molecule has 0 aliphatic carbocycles. The lowest BCUT2D eigenvalue weighted by Crippen LogP contribution is -1.84. The summed E-state index contributed by atoms with van der Waals surface area (Å²) in [5.41, 5.74) is 0. The molecule has 0 saturated heterocycles. The second-order valence-electron chi connectivity index (χ2n) is 2.66. The first kappa shape index (κ1) is 12.4. The lowest BCUT2D eigenvalue weighted by molar-refractivity contribution is -0.131. The summed E-state index contributed by atoms with van der Waals surface area (Å²) in [6.45, 7) is 1.96. The Hall–Kier alpha value is -1.57. The fourth-order valence-electron chi connectivity index (χ4n) is 0.791. The summed E-state index contributed by atoms with van der Waals surface area (Å²) >= 11 is 0. The molecule has 0 bridgehead atoms. The third-order valence-corrected chi connectivity index (χ3v) is 1.42. The highest BCUT2D eigenvalue weighted by molar-refractivity contribution is 5.79. The number of unbranched alkanes of at least 4 members (excludes halogenated alkanes) is 1. The molecule has 0 atom stereocenters. The summed E-state index contributed by atoms with van der Waals surface area (Å²) in [6.07, 6.45) is 16.2. The van der Waals surface area contributed by atoms with Gasteiger partial charge in [-0.1, -0.05) is 42.5 Å². The van der Waals surface area contributed by atoms with E-state index in [2.05, 4.69) is 0 Å². The molecule has 14 heavy (non-hydrogen) atoms. The maximum atomic E-state index is 10.1. The number of carboxylic acid groups (broad SMARTS) is 1. The van der Waals surface area contributed by atoms with Gasteiger partial charge < -0.3 is 5.11 Å². The summed E-state index contributed by atoms with van der Waals surface area (Å²) in [7, 11) is 0. The number of carboxylic acids is 1. The third-order valence-electron chi connectivity index (χ3n) is 1.42. The number of allylic oxidation sites excluding steroid dienone is 7. The highest BCUT2D eigenvalue weighted by atomic mass is 16.4. The van der Waals surface area contributed by atoms with Crippen molar-refractivity contribution in [2.75, 3.05) is 0 Å². The van der Waals surface area contributed by atoms with Gasteiger partial charge in [0, 0.05) is 6.08 Å². The van der Waals surface area contributed by atoms with Crippen molar-refractivity contribution in [2.24, 2.45) is 0 Å². The molecule has 0 heterocycles. The van der Waals surface area contributed by atoms with Crippen LogP contribution in [0.4, 0.5) is 0 Å². The molecule has 0 unspecified atom stereocenters. The molecule has 0 saturated carbocycles. The second kappa shape index (κ2) is 9.52. The molecule has 0 aromatic rings. The van der Waals surface area contributed by atoms with Gasteiger partial charge in [0.2, 0.25) is 0 Å². The van der Waals surface area contributed by atoms with Gasteiger partial charge in [-0.25, -0.2) is 4.79 Å². The van der Waals surface area contributed by atoms with E-state index < -0.39 is 5.97 Å². The van der Waals surface area contributed by atoms with E-state index in [0.717, 1.165) is 12.8 Å². The van der Waals surface area contributed by atoms with E-state index >= 15 is 0 Å². The van der Waals surface area contributed by atoms with Crippen molar-refractivity contribution in [3.8, 4) is 0 Å². The molecule has 1 N–H and O–H groups in total. The van der Waals surface area contributed by atoms with Gasteiger partial charge in [-0.05, 0) is 19.8 Å². The van der Waals surface area contributed by atoms with Gasteiger partial charge in [-0.15, -0.1) is 0 Å². The van der Waals surface area contributed by atoms with E-state index in [1.165, 1.54) is 6.08 Å². The van der Waals surface area contributed by atoms with E-state index in [4.69, 9.17) is 5.11 Å². The second-order valence-corrected chi connectivity index (χ2v) is 2.66. The van der Waals surface area contributed by atoms with Crippen LogP contribution >= 0.6 is 0 Å². The lowest BCUT2D eigenvalue weighted by Gasteiger charge is -1.84. The molecule has 0 aliphatic rings. The van der Waals surface area contributed by atoms with Crippen molar-refractivity contribution in [1.29, 1.82) is 0 Å².